The van der Waals surface area contributed by atoms with Gasteiger partial charge in [-0.15, -0.1) is 0 Å². The van der Waals surface area contributed by atoms with E-state index >= 15 is 0 Å². The molecular weight excluding hydrogens is 490 g/mol. The number of rotatable bonds is 8. The first-order valence-corrected chi connectivity index (χ1v) is 10.4. The Morgan fingerprint density at radius 3 is 2.42 bits per heavy atom. The summed E-state index contributed by atoms with van der Waals surface area (Å²) in [6.07, 6.45) is 1.42. The van der Waals surface area contributed by atoms with E-state index in [0.29, 0.717) is 29.4 Å². The topological polar surface area (TPSA) is 114 Å². The highest BCUT2D eigenvalue weighted by atomic mass is 79.9. The molecule has 8 nitrogen and oxygen atoms in total. The van der Waals surface area contributed by atoms with Crippen molar-refractivity contribution < 1.29 is 19.2 Å². The van der Waals surface area contributed by atoms with Crippen LogP contribution in [0.5, 0.6) is 11.5 Å². The average molecular weight is 508 g/mol. The normalized spacial score (nSPS) is 10.8. The van der Waals surface area contributed by atoms with Crippen LogP contribution in [0.1, 0.15) is 11.1 Å². The van der Waals surface area contributed by atoms with Crippen LogP contribution in [0.25, 0.3) is 6.08 Å². The molecule has 0 aromatic heterocycles. The quantitative estimate of drug-likeness (QED) is 0.186. The summed E-state index contributed by atoms with van der Waals surface area (Å²) in [5.74, 6) is 0.333. The van der Waals surface area contributed by atoms with E-state index in [9.17, 15) is 20.2 Å². The van der Waals surface area contributed by atoms with Gasteiger partial charge < -0.3 is 14.8 Å². The van der Waals surface area contributed by atoms with Crippen LogP contribution in [-0.4, -0.2) is 17.9 Å². The molecule has 0 saturated carbocycles. The van der Waals surface area contributed by atoms with Crippen LogP contribution in [-0.2, 0) is 11.4 Å². The smallest absolute Gasteiger partial charge is 0.269 e. The standard InChI is InChI=1S/C24H18BrN3O5/c1-32-22-11-4-17(13-23(22)33-15-16-2-5-19(25)6-3-16)12-18(14-26)24(29)27-20-7-9-21(10-8-20)28(30)31/h2-13H,15H2,1H3,(H,27,29). The number of nitriles is 1. The molecule has 0 saturated heterocycles. The first kappa shape index (κ1) is 23.5. The number of hydrogen-bond donors (Lipinski definition) is 1. The van der Waals surface area contributed by atoms with Crippen molar-refractivity contribution in [1.82, 2.24) is 0 Å². The molecule has 0 aliphatic rings. The number of carbonyl (C=O) groups excluding carboxylic acids is 1. The summed E-state index contributed by atoms with van der Waals surface area (Å²) in [5.41, 5.74) is 1.62. The van der Waals surface area contributed by atoms with Crippen molar-refractivity contribution in [3.05, 3.63) is 98.0 Å². The monoisotopic (exact) mass is 507 g/mol. The molecule has 0 aliphatic heterocycles. The van der Waals surface area contributed by atoms with E-state index in [4.69, 9.17) is 9.47 Å². The van der Waals surface area contributed by atoms with Crippen LogP contribution in [0, 0.1) is 21.4 Å². The fraction of sp³-hybridized carbons (Fsp3) is 0.0833. The molecule has 3 aromatic carbocycles. The number of hydrogen-bond acceptors (Lipinski definition) is 6. The summed E-state index contributed by atoms with van der Waals surface area (Å²) < 4.78 is 12.2. The number of methoxy groups -OCH3 is 1. The molecule has 33 heavy (non-hydrogen) atoms. The third-order valence-electron chi connectivity index (χ3n) is 4.51. The summed E-state index contributed by atoms with van der Waals surface area (Å²) in [7, 11) is 1.52. The number of ether oxygens (including phenoxy) is 2. The van der Waals surface area contributed by atoms with Crippen LogP contribution in [0.3, 0.4) is 0 Å². The fourth-order valence-corrected chi connectivity index (χ4v) is 3.08. The molecule has 9 heteroatoms. The first-order chi connectivity index (χ1) is 15.9. The second-order valence-electron chi connectivity index (χ2n) is 6.75. The number of non-ortho nitro benzene ring substituents is 1. The first-order valence-electron chi connectivity index (χ1n) is 9.62. The van der Waals surface area contributed by atoms with E-state index in [2.05, 4.69) is 21.2 Å². The van der Waals surface area contributed by atoms with E-state index < -0.39 is 10.8 Å². The average Bonchev–Trinajstić information content (AvgIpc) is 2.82. The minimum atomic E-state index is -0.639. The maximum absolute atomic E-state index is 12.5. The number of anilines is 1. The molecule has 1 amide bonds. The van der Waals surface area contributed by atoms with Gasteiger partial charge in [-0.1, -0.05) is 34.1 Å². The van der Waals surface area contributed by atoms with Gasteiger partial charge in [-0.25, -0.2) is 0 Å². The van der Waals surface area contributed by atoms with Crippen molar-refractivity contribution in [3.63, 3.8) is 0 Å². The third-order valence-corrected chi connectivity index (χ3v) is 5.04. The number of nitro benzene ring substituents is 1. The summed E-state index contributed by atoms with van der Waals surface area (Å²) in [6.45, 7) is 0.308. The number of amides is 1. The number of nitrogens with one attached hydrogen (secondary N) is 1. The van der Waals surface area contributed by atoms with Crippen molar-refractivity contribution >= 4 is 39.3 Å². The molecule has 1 N–H and O–H groups in total. The summed E-state index contributed by atoms with van der Waals surface area (Å²) in [4.78, 5) is 22.7. The van der Waals surface area contributed by atoms with E-state index in [1.807, 2.05) is 30.3 Å². The molecule has 0 radical (unpaired) electrons. The number of carbonyl (C=O) groups is 1. The Hall–Kier alpha value is -4.16. The highest BCUT2D eigenvalue weighted by Gasteiger charge is 2.12. The predicted octanol–water partition coefficient (Wildman–Crippen LogP) is 5.49. The number of benzene rings is 3. The molecule has 0 unspecified atom stereocenters. The van der Waals surface area contributed by atoms with Gasteiger partial charge >= 0.3 is 0 Å². The lowest BCUT2D eigenvalue weighted by molar-refractivity contribution is -0.384. The lowest BCUT2D eigenvalue weighted by Crippen LogP contribution is -2.13. The van der Waals surface area contributed by atoms with Crippen LogP contribution in [0.15, 0.2) is 76.8 Å². The number of nitro groups is 1. The van der Waals surface area contributed by atoms with E-state index in [0.717, 1.165) is 10.0 Å². The predicted molar refractivity (Wildman–Crippen MR) is 127 cm³/mol. The van der Waals surface area contributed by atoms with Gasteiger partial charge in [-0.2, -0.15) is 5.26 Å². The summed E-state index contributed by atoms with van der Waals surface area (Å²) in [6, 6.07) is 19.9. The Morgan fingerprint density at radius 1 is 1.12 bits per heavy atom. The molecule has 3 aromatic rings. The van der Waals surface area contributed by atoms with E-state index in [1.165, 1.54) is 37.5 Å². The van der Waals surface area contributed by atoms with Gasteiger partial charge in [0, 0.05) is 22.3 Å². The maximum atomic E-state index is 12.5. The molecule has 0 bridgehead atoms. The number of nitrogens with zero attached hydrogens (tertiary/aromatic N) is 2. The van der Waals surface area contributed by atoms with Gasteiger partial charge in [0.1, 0.15) is 18.2 Å². The Labute approximate surface area is 198 Å². The molecule has 0 heterocycles. The molecule has 0 spiro atoms. The molecule has 0 atom stereocenters. The van der Waals surface area contributed by atoms with E-state index in [1.54, 1.807) is 18.2 Å². The van der Waals surface area contributed by atoms with Crippen molar-refractivity contribution in [1.29, 1.82) is 5.26 Å². The maximum Gasteiger partial charge on any atom is 0.269 e. The largest absolute Gasteiger partial charge is 0.493 e. The van der Waals surface area contributed by atoms with Gasteiger partial charge in [0.25, 0.3) is 11.6 Å². The molecule has 0 fully saturated rings. The van der Waals surface area contributed by atoms with Crippen LogP contribution < -0.4 is 14.8 Å². The third kappa shape index (κ3) is 6.41. The molecular formula is C24H18BrN3O5. The van der Waals surface area contributed by atoms with Gasteiger partial charge in [-0.3, -0.25) is 14.9 Å². The zero-order valence-electron chi connectivity index (χ0n) is 17.4. The lowest BCUT2D eigenvalue weighted by Gasteiger charge is -2.12. The molecule has 166 valence electrons. The Balaban J connectivity index is 1.77. The van der Waals surface area contributed by atoms with Crippen LogP contribution >= 0.6 is 15.9 Å². The number of halogens is 1. The highest BCUT2D eigenvalue weighted by Crippen LogP contribution is 2.30. The Kier molecular flexibility index (Phi) is 7.78. The van der Waals surface area contributed by atoms with Crippen molar-refractivity contribution in [3.8, 4) is 17.6 Å². The SMILES string of the molecule is COc1ccc(C=C(C#N)C(=O)Nc2ccc([N+](=O)[O-])cc2)cc1OCc1ccc(Br)cc1. The molecule has 3 rings (SSSR count). The Morgan fingerprint density at radius 2 is 1.82 bits per heavy atom. The lowest BCUT2D eigenvalue weighted by atomic mass is 10.1. The van der Waals surface area contributed by atoms with Gasteiger partial charge in [-0.05, 0) is 53.6 Å². The van der Waals surface area contributed by atoms with E-state index in [-0.39, 0.29) is 11.3 Å². The van der Waals surface area contributed by atoms with Crippen molar-refractivity contribution in [2.45, 2.75) is 6.61 Å². The van der Waals surface area contributed by atoms with Crippen molar-refractivity contribution in [2.75, 3.05) is 12.4 Å². The minimum absolute atomic E-state index is 0.0991. The highest BCUT2D eigenvalue weighted by molar-refractivity contribution is 9.10. The Bertz CT molecular complexity index is 1230. The fourth-order valence-electron chi connectivity index (χ4n) is 2.82. The summed E-state index contributed by atoms with van der Waals surface area (Å²) in [5, 5.41) is 22.8. The summed E-state index contributed by atoms with van der Waals surface area (Å²) >= 11 is 3.39. The van der Waals surface area contributed by atoms with Gasteiger partial charge in [0.15, 0.2) is 11.5 Å². The zero-order chi connectivity index (χ0) is 23.8. The van der Waals surface area contributed by atoms with Crippen molar-refractivity contribution in [2.24, 2.45) is 0 Å². The molecule has 0 aliphatic carbocycles. The zero-order valence-corrected chi connectivity index (χ0v) is 19.0. The van der Waals surface area contributed by atoms with Crippen LogP contribution in [0.2, 0.25) is 0 Å². The van der Waals surface area contributed by atoms with Gasteiger partial charge in [0.2, 0.25) is 0 Å². The second-order valence-corrected chi connectivity index (χ2v) is 7.67. The minimum Gasteiger partial charge on any atom is -0.493 e. The van der Waals surface area contributed by atoms with Gasteiger partial charge in [0.05, 0.1) is 12.0 Å². The van der Waals surface area contributed by atoms with Crippen LogP contribution in [0.4, 0.5) is 11.4 Å². The second kappa shape index (κ2) is 10.9.